The maximum atomic E-state index is 13.3. The molecule has 0 aliphatic carbocycles. The average Bonchev–Trinajstić information content (AvgIpc) is 3.32. The summed E-state index contributed by atoms with van der Waals surface area (Å²) in [7, 11) is 2.78. The minimum atomic E-state index is -0.556. The van der Waals surface area contributed by atoms with Crippen LogP contribution in [-0.4, -0.2) is 55.6 Å². The van der Waals surface area contributed by atoms with E-state index in [-0.39, 0.29) is 23.1 Å². The Morgan fingerprint density at radius 1 is 1.26 bits per heavy atom. The van der Waals surface area contributed by atoms with E-state index in [1.54, 1.807) is 42.5 Å². The number of methoxy groups -OCH3 is 2. The van der Waals surface area contributed by atoms with Crippen LogP contribution in [0.5, 0.6) is 5.75 Å². The number of amidine groups is 1. The number of amides is 2. The van der Waals surface area contributed by atoms with Crippen LogP contribution in [-0.2, 0) is 14.3 Å². The highest BCUT2D eigenvalue weighted by Gasteiger charge is 2.42. The van der Waals surface area contributed by atoms with E-state index in [1.165, 1.54) is 19.1 Å². The number of benzene rings is 2. The van der Waals surface area contributed by atoms with Crippen LogP contribution in [0.4, 0.5) is 11.4 Å². The molecule has 1 fully saturated rings. The minimum Gasteiger partial charge on any atom is -0.495 e. The lowest BCUT2D eigenvalue weighted by Crippen LogP contribution is -2.49. The number of nitrogens with zero attached hydrogens (tertiary/aromatic N) is 2. The van der Waals surface area contributed by atoms with Crippen molar-refractivity contribution in [3.8, 4) is 5.75 Å². The summed E-state index contributed by atoms with van der Waals surface area (Å²) in [5.41, 5.74) is 7.03. The predicted octanol–water partition coefficient (Wildman–Crippen LogP) is 2.26. The Morgan fingerprint density at radius 2 is 2.06 bits per heavy atom. The second-order valence-electron chi connectivity index (χ2n) is 7.35. The number of carbonyl (C=O) groups is 3. The lowest BCUT2D eigenvalue weighted by atomic mass is 10.0. The van der Waals surface area contributed by atoms with Gasteiger partial charge in [0.1, 0.15) is 11.9 Å². The number of hydrogen-bond donors (Lipinski definition) is 3. The third-order valence-corrected chi connectivity index (χ3v) is 6.51. The van der Waals surface area contributed by atoms with Gasteiger partial charge >= 0.3 is 5.97 Å². The molecule has 2 heterocycles. The van der Waals surface area contributed by atoms with Crippen molar-refractivity contribution < 1.29 is 23.9 Å². The highest BCUT2D eigenvalue weighted by Crippen LogP contribution is 2.34. The summed E-state index contributed by atoms with van der Waals surface area (Å²) in [6.45, 7) is 0.427. The van der Waals surface area contributed by atoms with Crippen molar-refractivity contribution in [1.82, 2.24) is 10.9 Å². The SMILES string of the molecule is COC(=O)c1ccccc1NC(=O)CSC1=NC2NNCC2C(=O)N1c1ccc(OC)c(Cl)c1. The Balaban J connectivity index is 1.54. The van der Waals surface area contributed by atoms with Crippen LogP contribution in [0.15, 0.2) is 47.5 Å². The number of fused-ring (bicyclic) bond motifs is 1. The maximum absolute atomic E-state index is 13.3. The number of aliphatic imine (C=N–C) groups is 1. The summed E-state index contributed by atoms with van der Waals surface area (Å²) >= 11 is 7.39. The van der Waals surface area contributed by atoms with Crippen LogP contribution < -0.4 is 25.8 Å². The van der Waals surface area contributed by atoms with Gasteiger partial charge in [-0.05, 0) is 30.3 Å². The molecule has 2 aliphatic heterocycles. The smallest absolute Gasteiger partial charge is 0.339 e. The number of ether oxygens (including phenoxy) is 2. The summed E-state index contributed by atoms with van der Waals surface area (Å²) in [4.78, 5) is 44.1. The van der Waals surface area contributed by atoms with Crippen LogP contribution >= 0.6 is 23.4 Å². The van der Waals surface area contributed by atoms with Crippen molar-refractivity contribution in [2.75, 3.05) is 36.7 Å². The van der Waals surface area contributed by atoms with E-state index in [9.17, 15) is 14.4 Å². The van der Waals surface area contributed by atoms with Gasteiger partial charge in [0.25, 0.3) is 0 Å². The zero-order chi connectivity index (χ0) is 24.2. The number of halogens is 1. The molecule has 10 nitrogen and oxygen atoms in total. The number of hydrogen-bond acceptors (Lipinski definition) is 9. The van der Waals surface area contributed by atoms with E-state index < -0.39 is 18.1 Å². The van der Waals surface area contributed by atoms with E-state index in [4.69, 9.17) is 21.1 Å². The van der Waals surface area contributed by atoms with Crippen LogP contribution in [0.2, 0.25) is 5.02 Å². The van der Waals surface area contributed by atoms with Gasteiger partial charge in [-0.3, -0.25) is 19.9 Å². The number of para-hydroxylation sites is 1. The van der Waals surface area contributed by atoms with Crippen molar-refractivity contribution in [2.45, 2.75) is 6.17 Å². The van der Waals surface area contributed by atoms with Crippen molar-refractivity contribution in [2.24, 2.45) is 10.9 Å². The van der Waals surface area contributed by atoms with E-state index >= 15 is 0 Å². The average molecular weight is 504 g/mol. The molecule has 34 heavy (non-hydrogen) atoms. The molecule has 0 bridgehead atoms. The summed E-state index contributed by atoms with van der Waals surface area (Å²) < 4.78 is 9.97. The highest BCUT2D eigenvalue weighted by molar-refractivity contribution is 8.14. The zero-order valence-electron chi connectivity index (χ0n) is 18.3. The molecule has 2 aromatic carbocycles. The standard InChI is InChI=1S/C22H22ClN5O5S/c1-32-17-8-7-12(9-15(17)23)28-20(30)14-10-24-27-19(14)26-22(28)34-11-18(29)25-16-6-4-3-5-13(16)21(31)33-2/h3-9,14,19,24,27H,10-11H2,1-2H3,(H,25,29). The molecule has 0 saturated carbocycles. The van der Waals surface area contributed by atoms with Gasteiger partial charge < -0.3 is 14.8 Å². The van der Waals surface area contributed by atoms with Crippen LogP contribution in [0.1, 0.15) is 10.4 Å². The summed E-state index contributed by atoms with van der Waals surface area (Å²) in [6.07, 6.45) is -0.442. The van der Waals surface area contributed by atoms with E-state index in [0.29, 0.717) is 33.9 Å². The maximum Gasteiger partial charge on any atom is 0.339 e. The summed E-state index contributed by atoms with van der Waals surface area (Å²) in [5.74, 6) is -1.06. The quantitative estimate of drug-likeness (QED) is 0.513. The zero-order valence-corrected chi connectivity index (χ0v) is 19.9. The molecule has 0 spiro atoms. The van der Waals surface area contributed by atoms with Gasteiger partial charge in [0, 0.05) is 6.54 Å². The third kappa shape index (κ3) is 4.87. The molecule has 2 amide bonds. The number of carbonyl (C=O) groups excluding carboxylic acids is 3. The molecule has 12 heteroatoms. The molecule has 0 aromatic heterocycles. The Labute approximate surface area is 205 Å². The molecule has 4 rings (SSSR count). The van der Waals surface area contributed by atoms with Crippen molar-refractivity contribution in [1.29, 1.82) is 0 Å². The summed E-state index contributed by atoms with van der Waals surface area (Å²) in [5, 5.41) is 3.41. The van der Waals surface area contributed by atoms with Crippen LogP contribution in [0.25, 0.3) is 0 Å². The van der Waals surface area contributed by atoms with E-state index in [1.807, 2.05) is 0 Å². The number of thioether (sulfide) groups is 1. The number of hydrazine groups is 1. The molecule has 2 unspecified atom stereocenters. The lowest BCUT2D eigenvalue weighted by molar-refractivity contribution is -0.121. The predicted molar refractivity (Wildman–Crippen MR) is 130 cm³/mol. The lowest BCUT2D eigenvalue weighted by Gasteiger charge is -2.32. The van der Waals surface area contributed by atoms with Gasteiger partial charge in [-0.15, -0.1) is 0 Å². The third-order valence-electron chi connectivity index (χ3n) is 5.26. The van der Waals surface area contributed by atoms with Gasteiger partial charge in [0.2, 0.25) is 11.8 Å². The molecule has 0 radical (unpaired) electrons. The minimum absolute atomic E-state index is 0.0488. The first-order chi connectivity index (χ1) is 16.4. The van der Waals surface area contributed by atoms with Gasteiger partial charge in [-0.1, -0.05) is 35.5 Å². The van der Waals surface area contributed by atoms with Crippen molar-refractivity contribution >= 4 is 57.7 Å². The first-order valence-corrected chi connectivity index (χ1v) is 11.6. The highest BCUT2D eigenvalue weighted by atomic mass is 35.5. The molecule has 178 valence electrons. The number of anilines is 2. The second-order valence-corrected chi connectivity index (χ2v) is 8.70. The molecule has 1 saturated heterocycles. The van der Waals surface area contributed by atoms with Gasteiger partial charge in [0.15, 0.2) is 5.17 Å². The van der Waals surface area contributed by atoms with Gasteiger partial charge in [-0.25, -0.2) is 15.2 Å². The molecule has 2 aliphatic rings. The molecular formula is C22H22ClN5O5S. The number of esters is 1. The van der Waals surface area contributed by atoms with Crippen LogP contribution in [0.3, 0.4) is 0 Å². The van der Waals surface area contributed by atoms with Crippen molar-refractivity contribution in [3.05, 3.63) is 53.1 Å². The fourth-order valence-corrected chi connectivity index (χ4v) is 4.69. The molecule has 2 atom stereocenters. The fraction of sp³-hybridized carbons (Fsp3) is 0.273. The van der Waals surface area contributed by atoms with E-state index in [2.05, 4.69) is 21.2 Å². The van der Waals surface area contributed by atoms with Gasteiger partial charge in [-0.2, -0.15) is 0 Å². The first-order valence-electron chi connectivity index (χ1n) is 10.3. The van der Waals surface area contributed by atoms with Crippen molar-refractivity contribution in [3.63, 3.8) is 0 Å². The topological polar surface area (TPSA) is 121 Å². The fourth-order valence-electron chi connectivity index (χ4n) is 3.60. The van der Waals surface area contributed by atoms with Crippen LogP contribution in [0, 0.1) is 5.92 Å². The Bertz CT molecular complexity index is 1160. The summed E-state index contributed by atoms with van der Waals surface area (Å²) in [6, 6.07) is 11.6. The molecule has 3 N–H and O–H groups in total. The first kappa shape index (κ1) is 24.0. The normalized spacial score (nSPS) is 19.3. The monoisotopic (exact) mass is 503 g/mol. The number of rotatable bonds is 6. The second kappa shape index (κ2) is 10.4. The largest absolute Gasteiger partial charge is 0.495 e. The number of nitrogens with one attached hydrogen (secondary N) is 3. The van der Waals surface area contributed by atoms with E-state index in [0.717, 1.165) is 11.8 Å². The Hall–Kier alpha value is -3.12. The molecular weight excluding hydrogens is 482 g/mol. The van der Waals surface area contributed by atoms with Gasteiger partial charge in [0.05, 0.1) is 47.9 Å². The molecule has 2 aromatic rings. The Kier molecular flexibility index (Phi) is 7.37. The Morgan fingerprint density at radius 3 is 2.79 bits per heavy atom.